The summed E-state index contributed by atoms with van der Waals surface area (Å²) in [5, 5.41) is 12.8. The average Bonchev–Trinajstić information content (AvgIpc) is 3.06. The highest BCUT2D eigenvalue weighted by Crippen LogP contribution is 2.48. The van der Waals surface area contributed by atoms with Gasteiger partial charge >= 0.3 is 5.97 Å². The van der Waals surface area contributed by atoms with Crippen molar-refractivity contribution in [2.75, 3.05) is 23.8 Å². The molecule has 2 fully saturated rings. The predicted octanol–water partition coefficient (Wildman–Crippen LogP) is 1.47. The number of carbonyl (C=O) groups is 2. The van der Waals surface area contributed by atoms with E-state index in [-0.39, 0.29) is 23.7 Å². The van der Waals surface area contributed by atoms with Gasteiger partial charge in [-0.3, -0.25) is 9.59 Å². The number of allylic oxidation sites excluding steroid dienone is 2. The SMILES string of the molecule is O=C(O)C1C2C=CC(C2)C1C(=O)NCC1CSCCS1. The third-order valence-corrected chi connectivity index (χ3v) is 7.28. The van der Waals surface area contributed by atoms with E-state index in [9.17, 15) is 14.7 Å². The molecule has 5 unspecified atom stereocenters. The van der Waals surface area contributed by atoms with E-state index in [1.165, 1.54) is 5.75 Å². The molecule has 4 nitrogen and oxygen atoms in total. The summed E-state index contributed by atoms with van der Waals surface area (Å²) < 4.78 is 0. The van der Waals surface area contributed by atoms with E-state index in [4.69, 9.17) is 0 Å². The van der Waals surface area contributed by atoms with Crippen LogP contribution in [0.1, 0.15) is 6.42 Å². The third kappa shape index (κ3) is 2.72. The number of hydrogen-bond donors (Lipinski definition) is 2. The third-order valence-electron chi connectivity index (χ3n) is 4.44. The smallest absolute Gasteiger partial charge is 0.307 e. The number of carboxylic acids is 1. The zero-order chi connectivity index (χ0) is 14.1. The molecule has 1 aliphatic heterocycles. The molecule has 0 radical (unpaired) electrons. The first kappa shape index (κ1) is 14.3. The van der Waals surface area contributed by atoms with Crippen molar-refractivity contribution in [3.63, 3.8) is 0 Å². The molecule has 5 atom stereocenters. The van der Waals surface area contributed by atoms with Crippen molar-refractivity contribution >= 4 is 35.4 Å². The number of carboxylic acid groups (broad SMARTS) is 1. The first-order valence-electron chi connectivity index (χ1n) is 7.05. The highest BCUT2D eigenvalue weighted by atomic mass is 32.2. The van der Waals surface area contributed by atoms with Gasteiger partial charge in [-0.15, -0.1) is 0 Å². The van der Waals surface area contributed by atoms with Crippen LogP contribution in [0.15, 0.2) is 12.2 Å². The summed E-state index contributed by atoms with van der Waals surface area (Å²) in [7, 11) is 0. The fourth-order valence-corrected chi connectivity index (χ4v) is 6.11. The minimum absolute atomic E-state index is 0.0489. The van der Waals surface area contributed by atoms with E-state index in [1.807, 2.05) is 35.7 Å². The van der Waals surface area contributed by atoms with Gasteiger partial charge in [0.15, 0.2) is 0 Å². The average molecular weight is 313 g/mol. The second-order valence-electron chi connectivity index (χ2n) is 5.65. The van der Waals surface area contributed by atoms with Gasteiger partial charge in [0.2, 0.25) is 5.91 Å². The monoisotopic (exact) mass is 313 g/mol. The maximum atomic E-state index is 12.4. The van der Waals surface area contributed by atoms with Crippen molar-refractivity contribution in [3.05, 3.63) is 12.2 Å². The van der Waals surface area contributed by atoms with E-state index in [2.05, 4.69) is 5.32 Å². The quantitative estimate of drug-likeness (QED) is 0.770. The van der Waals surface area contributed by atoms with Crippen LogP contribution in [0.3, 0.4) is 0 Å². The van der Waals surface area contributed by atoms with Crippen molar-refractivity contribution in [1.29, 1.82) is 0 Å². The Balaban J connectivity index is 1.58. The molecule has 3 rings (SSSR count). The molecule has 6 heteroatoms. The Kier molecular flexibility index (Phi) is 4.31. The summed E-state index contributed by atoms with van der Waals surface area (Å²) in [6.45, 7) is 0.667. The van der Waals surface area contributed by atoms with E-state index in [0.29, 0.717) is 11.8 Å². The highest BCUT2D eigenvalue weighted by Gasteiger charge is 2.51. The van der Waals surface area contributed by atoms with E-state index in [1.54, 1.807) is 0 Å². The molecule has 1 heterocycles. The first-order valence-corrected chi connectivity index (χ1v) is 9.25. The van der Waals surface area contributed by atoms with Crippen molar-refractivity contribution < 1.29 is 14.7 Å². The maximum Gasteiger partial charge on any atom is 0.307 e. The maximum absolute atomic E-state index is 12.4. The molecular formula is C14H19NO3S2. The summed E-state index contributed by atoms with van der Waals surface area (Å²) in [6.07, 6.45) is 4.82. The molecular weight excluding hydrogens is 294 g/mol. The number of hydrogen-bond acceptors (Lipinski definition) is 4. The molecule has 0 spiro atoms. The standard InChI is InChI=1S/C14H19NO3S2/c16-13(15-6-10-7-19-3-4-20-10)11-8-1-2-9(5-8)12(11)14(17)18/h1-2,8-12H,3-7H2,(H,15,16)(H,17,18). The number of amides is 1. The van der Waals surface area contributed by atoms with Crippen molar-refractivity contribution in [3.8, 4) is 0 Å². The molecule has 1 saturated carbocycles. The lowest BCUT2D eigenvalue weighted by Gasteiger charge is -2.26. The van der Waals surface area contributed by atoms with Crippen LogP contribution in [-0.2, 0) is 9.59 Å². The van der Waals surface area contributed by atoms with Crippen LogP contribution < -0.4 is 5.32 Å². The Morgan fingerprint density at radius 2 is 1.95 bits per heavy atom. The predicted molar refractivity (Wildman–Crippen MR) is 81.9 cm³/mol. The van der Waals surface area contributed by atoms with Gasteiger partial charge in [-0.25, -0.2) is 0 Å². The molecule has 20 heavy (non-hydrogen) atoms. The van der Waals surface area contributed by atoms with Gasteiger partial charge in [-0.05, 0) is 18.3 Å². The molecule has 0 aromatic heterocycles. The zero-order valence-electron chi connectivity index (χ0n) is 11.2. The van der Waals surface area contributed by atoms with Crippen LogP contribution in [-0.4, -0.2) is 46.0 Å². The second kappa shape index (κ2) is 6.02. The zero-order valence-corrected chi connectivity index (χ0v) is 12.8. The normalized spacial score (nSPS) is 38.9. The van der Waals surface area contributed by atoms with E-state index >= 15 is 0 Å². The highest BCUT2D eigenvalue weighted by molar-refractivity contribution is 8.06. The fraction of sp³-hybridized carbons (Fsp3) is 0.714. The lowest BCUT2D eigenvalue weighted by molar-refractivity contribution is -0.147. The van der Waals surface area contributed by atoms with Crippen molar-refractivity contribution in [2.24, 2.45) is 23.7 Å². The Bertz CT molecular complexity index is 434. The Morgan fingerprint density at radius 1 is 1.20 bits per heavy atom. The van der Waals surface area contributed by atoms with Gasteiger partial charge in [0.25, 0.3) is 0 Å². The van der Waals surface area contributed by atoms with Gasteiger partial charge in [-0.2, -0.15) is 23.5 Å². The van der Waals surface area contributed by atoms with Crippen LogP contribution in [0.25, 0.3) is 0 Å². The van der Waals surface area contributed by atoms with Gasteiger partial charge in [0, 0.05) is 29.1 Å². The number of carbonyl (C=O) groups excluding carboxylic acids is 1. The molecule has 0 aromatic carbocycles. The minimum atomic E-state index is -0.829. The van der Waals surface area contributed by atoms with Crippen LogP contribution in [0, 0.1) is 23.7 Å². The van der Waals surface area contributed by atoms with Gasteiger partial charge in [0.05, 0.1) is 11.8 Å². The summed E-state index contributed by atoms with van der Waals surface area (Å²) in [6, 6.07) is 0. The molecule has 1 amide bonds. The first-order chi connectivity index (χ1) is 9.66. The van der Waals surface area contributed by atoms with E-state index < -0.39 is 11.9 Å². The summed E-state index contributed by atoms with van der Waals surface area (Å²) in [4.78, 5) is 23.8. The van der Waals surface area contributed by atoms with Gasteiger partial charge < -0.3 is 10.4 Å². The molecule has 2 bridgehead atoms. The lowest BCUT2D eigenvalue weighted by atomic mass is 9.82. The van der Waals surface area contributed by atoms with Crippen molar-refractivity contribution in [2.45, 2.75) is 11.7 Å². The Hall–Kier alpha value is -0.620. The Morgan fingerprint density at radius 3 is 2.60 bits per heavy atom. The van der Waals surface area contributed by atoms with Gasteiger partial charge in [0.1, 0.15) is 0 Å². The fourth-order valence-electron chi connectivity index (χ4n) is 3.50. The van der Waals surface area contributed by atoms with Crippen LogP contribution >= 0.6 is 23.5 Å². The summed E-state index contributed by atoms with van der Waals surface area (Å²) in [5.41, 5.74) is 0. The van der Waals surface area contributed by atoms with E-state index in [0.717, 1.165) is 17.9 Å². The second-order valence-corrected chi connectivity index (χ2v) is 8.21. The molecule has 1 saturated heterocycles. The van der Waals surface area contributed by atoms with Crippen LogP contribution in [0.4, 0.5) is 0 Å². The number of fused-ring (bicyclic) bond motifs is 2. The molecule has 2 aliphatic carbocycles. The minimum Gasteiger partial charge on any atom is -0.481 e. The molecule has 110 valence electrons. The molecule has 0 aromatic rings. The number of thioether (sulfide) groups is 2. The van der Waals surface area contributed by atoms with Crippen LogP contribution in [0.2, 0.25) is 0 Å². The largest absolute Gasteiger partial charge is 0.481 e. The van der Waals surface area contributed by atoms with Gasteiger partial charge in [-0.1, -0.05) is 12.2 Å². The molecule has 2 N–H and O–H groups in total. The molecule has 3 aliphatic rings. The Labute approximate surface area is 127 Å². The topological polar surface area (TPSA) is 66.4 Å². The van der Waals surface area contributed by atoms with Crippen LogP contribution in [0.5, 0.6) is 0 Å². The number of rotatable bonds is 4. The summed E-state index contributed by atoms with van der Waals surface area (Å²) >= 11 is 3.83. The van der Waals surface area contributed by atoms with Crippen molar-refractivity contribution in [1.82, 2.24) is 5.32 Å². The number of aliphatic carboxylic acids is 1. The lowest BCUT2D eigenvalue weighted by Crippen LogP contribution is -2.43. The number of nitrogens with one attached hydrogen (secondary N) is 1. The summed E-state index contributed by atoms with van der Waals surface area (Å²) in [5.74, 6) is 1.77.